The van der Waals surface area contributed by atoms with Gasteiger partial charge in [-0.25, -0.2) is 0 Å². The van der Waals surface area contributed by atoms with Gasteiger partial charge in [0.05, 0.1) is 39.6 Å². The summed E-state index contributed by atoms with van der Waals surface area (Å²) in [6.07, 6.45) is 5.28. The first-order chi connectivity index (χ1) is 32.8. The van der Waals surface area contributed by atoms with E-state index < -0.39 is 0 Å². The van der Waals surface area contributed by atoms with Crippen molar-refractivity contribution in [2.45, 2.75) is 126 Å². The Morgan fingerprint density at radius 2 is 0.915 bits per heavy atom. The van der Waals surface area contributed by atoms with Crippen LogP contribution in [0.4, 0.5) is 0 Å². The van der Waals surface area contributed by atoms with E-state index in [4.69, 9.17) is 48.7 Å². The first-order valence-electron chi connectivity index (χ1n) is 23.4. The first kappa shape index (κ1) is 73.4. The van der Waals surface area contributed by atoms with Crippen LogP contribution in [0.2, 0.25) is 0 Å². The molecule has 0 bridgehead atoms. The smallest absolute Gasteiger partial charge is 1.00 e. The minimum Gasteiger partial charge on any atom is -1.00 e. The van der Waals surface area contributed by atoms with Crippen LogP contribution < -0.4 is 122 Å². The molecule has 5 aromatic rings. The number of phenols is 2. The summed E-state index contributed by atoms with van der Waals surface area (Å²) in [4.78, 5) is 11.2. The van der Waals surface area contributed by atoms with Gasteiger partial charge in [0.15, 0.2) is 0 Å². The Morgan fingerprint density at radius 1 is 0.577 bits per heavy atom. The topological polar surface area (TPSA) is 145 Å². The summed E-state index contributed by atoms with van der Waals surface area (Å²) in [5, 5.41) is 27.4. The number of carbonyl (C=O) groups is 1. The van der Waals surface area contributed by atoms with Crippen LogP contribution in [0, 0.1) is 6.92 Å². The number of halogens is 1. The molecule has 5 aromatic carbocycles. The third kappa shape index (κ3) is 32.9. The standard InChI is InChI=1S/C21H28O3.C14H21BrO3.2C10H14O.CH2O3.CH4.2K.H/c1-4-17(2)19-8-12-21(13-9-19)24-15-5-14-23-20-10-6-18(7-11-20)16-22-3;1-11-7-12(9-16-2)14(18-6-4-5-15)13(8-11)10-17-3;2*1-3-8(2)9-4-6-10(11)7-5-9;2-1-4-3;;;;/h6-13,17H,4-5,14-16H2,1-3H3;7-8H,4-6,9-10H2,1-3H3;2*4-8,11H,3H2,1-2H3;1,3H;1H4;;;/q;;;;;;2*+1;-1/p-1. The summed E-state index contributed by atoms with van der Waals surface area (Å²) >= 11 is 3.40. The van der Waals surface area contributed by atoms with Crippen molar-refractivity contribution in [3.8, 4) is 28.7 Å². The summed E-state index contributed by atoms with van der Waals surface area (Å²) in [5.74, 6) is 5.19. The maximum atomic E-state index is 9.01. The van der Waals surface area contributed by atoms with Crippen LogP contribution in [0.25, 0.3) is 0 Å². The number of aromatic hydroxyl groups is 2. The van der Waals surface area contributed by atoms with Gasteiger partial charge in [-0.3, -0.25) is 4.79 Å². The van der Waals surface area contributed by atoms with E-state index in [0.29, 0.717) is 68.9 Å². The Bertz CT molecular complexity index is 1930. The molecule has 0 heterocycles. The van der Waals surface area contributed by atoms with Gasteiger partial charge in [0, 0.05) is 44.2 Å². The van der Waals surface area contributed by atoms with E-state index in [2.05, 4.69) is 106 Å². The molecule has 2 N–H and O–H groups in total. The molecule has 5 rings (SSSR count). The van der Waals surface area contributed by atoms with Crippen molar-refractivity contribution in [3.05, 3.63) is 148 Å². The van der Waals surface area contributed by atoms with E-state index in [1.54, 1.807) is 45.6 Å². The second-order valence-corrected chi connectivity index (χ2v) is 17.0. The Balaban J connectivity index is -0.000000428. The quantitative estimate of drug-likeness (QED) is 0.0166. The summed E-state index contributed by atoms with van der Waals surface area (Å²) in [6, 6.07) is 35.5. The van der Waals surface area contributed by atoms with Crippen LogP contribution in [-0.4, -0.2) is 63.2 Å². The van der Waals surface area contributed by atoms with E-state index in [0.717, 1.165) is 71.4 Å². The number of rotatable bonds is 23. The van der Waals surface area contributed by atoms with Gasteiger partial charge in [-0.15, -0.1) is 0 Å². The molecule has 0 aromatic heterocycles. The molecule has 0 aliphatic carbocycles. The summed E-state index contributed by atoms with van der Waals surface area (Å²) < 4.78 is 32.9. The molecule has 3 unspecified atom stereocenters. The maximum Gasteiger partial charge on any atom is 1.00 e. The van der Waals surface area contributed by atoms with Crippen LogP contribution in [0.5, 0.6) is 28.7 Å². The van der Waals surface area contributed by atoms with Gasteiger partial charge in [-0.2, -0.15) is 0 Å². The van der Waals surface area contributed by atoms with Crippen molar-refractivity contribution in [2.24, 2.45) is 0 Å². The van der Waals surface area contributed by atoms with Crippen molar-refractivity contribution < 1.29 is 158 Å². The number of ether oxygens (including phenoxy) is 6. The summed E-state index contributed by atoms with van der Waals surface area (Å²) in [5.41, 5.74) is 8.47. The first-order valence-corrected chi connectivity index (χ1v) is 24.5. The Hall–Kier alpha value is -1.84. The molecule has 0 aliphatic heterocycles. The summed E-state index contributed by atoms with van der Waals surface area (Å²) in [6.45, 7) is 18.8. The van der Waals surface area contributed by atoms with Gasteiger partial charge >= 0.3 is 103 Å². The van der Waals surface area contributed by atoms with E-state index in [9.17, 15) is 0 Å². The average Bonchev–Trinajstić information content (AvgIpc) is 3.36. The minimum absolute atomic E-state index is 0. The average molecular weight is 1100 g/mol. The zero-order valence-electron chi connectivity index (χ0n) is 45.1. The second-order valence-electron chi connectivity index (χ2n) is 16.2. The SMILES string of the molecule is C.CCC(C)c1ccc(O)cc1.CCC(C)c1ccc(O)cc1.CCC(C)c1ccc(OCCCOc2ccc(COC)cc2)cc1.COCc1cc(C)cc(COC)c1OCCCBr.O=CO[O-].[H-].[K+].[K+]. The molecule has 11 nitrogen and oxygen atoms in total. The molecule has 0 saturated heterocycles. The van der Waals surface area contributed by atoms with Gasteiger partial charge in [0.2, 0.25) is 0 Å². The molecule has 0 saturated carbocycles. The molecule has 386 valence electrons. The fourth-order valence-electron chi connectivity index (χ4n) is 6.36. The van der Waals surface area contributed by atoms with Crippen LogP contribution in [0.15, 0.2) is 109 Å². The summed E-state index contributed by atoms with van der Waals surface area (Å²) in [7, 11) is 5.09. The number of carbonyl (C=O) groups excluding carboxylic acids is 1. The van der Waals surface area contributed by atoms with E-state index in [1.807, 2.05) is 48.5 Å². The number of alkyl halides is 1. The third-order valence-corrected chi connectivity index (χ3v) is 11.4. The van der Waals surface area contributed by atoms with Crippen LogP contribution >= 0.6 is 15.9 Å². The predicted octanol–water partition coefficient (Wildman–Crippen LogP) is 7.65. The number of methoxy groups -OCH3 is 3. The molecule has 3 atom stereocenters. The predicted molar refractivity (Wildman–Crippen MR) is 283 cm³/mol. The van der Waals surface area contributed by atoms with E-state index in [1.165, 1.54) is 22.3 Å². The van der Waals surface area contributed by atoms with Crippen molar-refractivity contribution in [1.29, 1.82) is 0 Å². The van der Waals surface area contributed by atoms with Crippen molar-refractivity contribution >= 4 is 22.4 Å². The zero-order valence-corrected chi connectivity index (χ0v) is 52.0. The normalized spacial score (nSPS) is 11.0. The zero-order chi connectivity index (χ0) is 50.5. The fraction of sp³-hybridized carbons (Fsp3) is 0.456. The fourth-order valence-corrected chi connectivity index (χ4v) is 6.59. The molecular formula is C57H83BrK2O11. The van der Waals surface area contributed by atoms with Crippen LogP contribution in [0.1, 0.15) is 139 Å². The van der Waals surface area contributed by atoms with E-state index >= 15 is 0 Å². The largest absolute Gasteiger partial charge is 1.00 e. The monoisotopic (exact) mass is 1100 g/mol. The number of aryl methyl sites for hydroxylation is 1. The number of hydrogen-bond acceptors (Lipinski definition) is 11. The van der Waals surface area contributed by atoms with Gasteiger partial charge in [0.25, 0.3) is 6.47 Å². The Labute approximate surface area is 522 Å². The van der Waals surface area contributed by atoms with Gasteiger partial charge in [-0.1, -0.05) is 131 Å². The second kappa shape index (κ2) is 46.7. The number of phenolic OH excluding ortho intramolecular Hbond substituents is 2. The molecule has 0 radical (unpaired) electrons. The third-order valence-electron chi connectivity index (χ3n) is 10.8. The molecule has 0 aliphatic rings. The molecule has 71 heavy (non-hydrogen) atoms. The van der Waals surface area contributed by atoms with Crippen LogP contribution in [0.3, 0.4) is 0 Å². The maximum absolute atomic E-state index is 9.01. The van der Waals surface area contributed by atoms with Gasteiger partial charge < -0.3 is 50.2 Å². The van der Waals surface area contributed by atoms with E-state index in [-0.39, 0.29) is 118 Å². The number of benzene rings is 5. The van der Waals surface area contributed by atoms with Crippen LogP contribution in [-0.2, 0) is 43.7 Å². The van der Waals surface area contributed by atoms with Crippen molar-refractivity contribution in [1.82, 2.24) is 0 Å². The Morgan fingerprint density at radius 3 is 1.24 bits per heavy atom. The molecule has 0 amide bonds. The van der Waals surface area contributed by atoms with Crippen molar-refractivity contribution in [3.63, 3.8) is 0 Å². The van der Waals surface area contributed by atoms with Gasteiger partial charge in [-0.05, 0) is 121 Å². The molecular weight excluding hydrogens is 1020 g/mol. The van der Waals surface area contributed by atoms with Crippen molar-refractivity contribution in [2.75, 3.05) is 46.5 Å². The molecule has 0 fully saturated rings. The van der Waals surface area contributed by atoms with Gasteiger partial charge in [0.1, 0.15) is 28.7 Å². The molecule has 14 heteroatoms. The number of hydrogen-bond donors (Lipinski definition) is 2. The molecule has 0 spiro atoms. The Kier molecular flexibility index (Phi) is 48.3. The minimum atomic E-state index is -0.181.